The van der Waals surface area contributed by atoms with Gasteiger partial charge in [0.15, 0.2) is 5.13 Å². The number of thiazole rings is 1. The first-order chi connectivity index (χ1) is 28.4. The maximum Gasteiger partial charge on any atom is 0.264 e. The fourth-order valence-corrected chi connectivity index (χ4v) is 9.27. The number of anilines is 4. The highest BCUT2D eigenvalue weighted by Crippen LogP contribution is 2.40. The van der Waals surface area contributed by atoms with Crippen LogP contribution in [-0.4, -0.2) is 80.3 Å². The molecule has 59 heavy (non-hydrogen) atoms. The Hall–Kier alpha value is -6.64. The standard InChI is InChI=1S/C39H38N6O11S3/c1-52-28-15-16-33(53-2)31(22-28)44(58(48,49)29-11-7-5-8-12-29)24-36(46)41-38-21-27(43-56-38)19-26-20-35(55-4)32(23-34(26)54-3)45(25-37(47)42-39-40-17-18-57-39)59(50,51)30-13-9-6-10-14-30/h5-18,20-23H,19,24-25H2,1-4H3,(H,41,46)(H,40,42,47). The van der Waals surface area contributed by atoms with Crippen LogP contribution in [0, 0.1) is 0 Å². The summed E-state index contributed by atoms with van der Waals surface area (Å²) in [4.78, 5) is 30.7. The van der Waals surface area contributed by atoms with Crippen LogP contribution in [-0.2, 0) is 36.1 Å². The molecule has 0 aliphatic rings. The van der Waals surface area contributed by atoms with Crippen LogP contribution >= 0.6 is 11.3 Å². The Bertz CT molecular complexity index is 2630. The summed E-state index contributed by atoms with van der Waals surface area (Å²) in [6, 6.07) is 24.2. The third-order valence-electron chi connectivity index (χ3n) is 8.61. The third kappa shape index (κ3) is 9.57. The number of benzene rings is 4. The normalized spacial score (nSPS) is 11.3. The van der Waals surface area contributed by atoms with Gasteiger partial charge in [-0.25, -0.2) is 21.8 Å². The summed E-state index contributed by atoms with van der Waals surface area (Å²) in [5.41, 5.74) is 0.868. The maximum atomic E-state index is 14.1. The van der Waals surface area contributed by atoms with Crippen LogP contribution in [0.4, 0.5) is 22.4 Å². The molecule has 308 valence electrons. The molecule has 20 heteroatoms. The molecule has 2 heterocycles. The van der Waals surface area contributed by atoms with Crippen LogP contribution in [0.5, 0.6) is 23.0 Å². The molecule has 2 N–H and O–H groups in total. The number of carbonyl (C=O) groups excluding carboxylic acids is 2. The van der Waals surface area contributed by atoms with E-state index in [1.54, 1.807) is 53.9 Å². The number of sulfonamides is 2. The molecule has 17 nitrogen and oxygen atoms in total. The predicted octanol–water partition coefficient (Wildman–Crippen LogP) is 5.42. The number of ether oxygens (including phenoxy) is 4. The lowest BCUT2D eigenvalue weighted by atomic mass is 10.1. The first-order valence-corrected chi connectivity index (χ1v) is 21.2. The van der Waals surface area contributed by atoms with E-state index in [9.17, 15) is 26.4 Å². The predicted molar refractivity (Wildman–Crippen MR) is 220 cm³/mol. The molecule has 0 saturated carbocycles. The topological polar surface area (TPSA) is 209 Å². The highest BCUT2D eigenvalue weighted by molar-refractivity contribution is 7.93. The largest absolute Gasteiger partial charge is 0.497 e. The van der Waals surface area contributed by atoms with Gasteiger partial charge in [0.2, 0.25) is 17.7 Å². The Kier molecular flexibility index (Phi) is 13.0. The van der Waals surface area contributed by atoms with Gasteiger partial charge < -0.3 is 28.8 Å². The monoisotopic (exact) mass is 862 g/mol. The molecule has 0 aliphatic heterocycles. The number of methoxy groups -OCH3 is 4. The van der Waals surface area contributed by atoms with Crippen molar-refractivity contribution in [1.82, 2.24) is 10.1 Å². The molecule has 0 unspecified atom stereocenters. The molecule has 6 aromatic rings. The second-order valence-electron chi connectivity index (χ2n) is 12.3. The number of rotatable bonds is 18. The van der Waals surface area contributed by atoms with E-state index in [4.69, 9.17) is 23.5 Å². The molecule has 4 aromatic carbocycles. The van der Waals surface area contributed by atoms with Gasteiger partial charge in [-0.05, 0) is 42.5 Å². The van der Waals surface area contributed by atoms with Gasteiger partial charge in [-0.15, -0.1) is 11.3 Å². The van der Waals surface area contributed by atoms with Crippen molar-refractivity contribution in [2.24, 2.45) is 0 Å². The van der Waals surface area contributed by atoms with E-state index in [-0.39, 0.29) is 50.7 Å². The van der Waals surface area contributed by atoms with Crippen molar-refractivity contribution in [3.63, 3.8) is 0 Å². The molecule has 0 spiro atoms. The van der Waals surface area contributed by atoms with E-state index in [1.165, 1.54) is 94.5 Å². The highest BCUT2D eigenvalue weighted by Gasteiger charge is 2.32. The van der Waals surface area contributed by atoms with Gasteiger partial charge in [0.25, 0.3) is 20.0 Å². The lowest BCUT2D eigenvalue weighted by Crippen LogP contribution is -2.38. The van der Waals surface area contributed by atoms with Crippen LogP contribution in [0.3, 0.4) is 0 Å². The highest BCUT2D eigenvalue weighted by atomic mass is 32.2. The molecule has 0 fully saturated rings. The zero-order chi connectivity index (χ0) is 42.2. The summed E-state index contributed by atoms with van der Waals surface area (Å²) in [5.74, 6) is -0.686. The molecule has 6 rings (SSSR count). The third-order valence-corrected chi connectivity index (χ3v) is 12.9. The van der Waals surface area contributed by atoms with Gasteiger partial charge in [0.1, 0.15) is 36.1 Å². The molecule has 2 amide bonds. The summed E-state index contributed by atoms with van der Waals surface area (Å²) in [5, 5.41) is 11.2. The summed E-state index contributed by atoms with van der Waals surface area (Å²) < 4.78 is 85.4. The Labute approximate surface area is 344 Å². The fourth-order valence-electron chi connectivity index (χ4n) is 5.84. The van der Waals surface area contributed by atoms with Gasteiger partial charge in [-0.3, -0.25) is 23.5 Å². The molecule has 0 atom stereocenters. The Balaban J connectivity index is 1.26. The zero-order valence-corrected chi connectivity index (χ0v) is 34.5. The number of hydrogen-bond acceptors (Lipinski definition) is 14. The van der Waals surface area contributed by atoms with Crippen LogP contribution in [0.1, 0.15) is 11.3 Å². The van der Waals surface area contributed by atoms with Crippen molar-refractivity contribution < 1.29 is 49.9 Å². The summed E-state index contributed by atoms with van der Waals surface area (Å²) in [6.45, 7) is -1.32. The Morgan fingerprint density at radius 2 is 1.25 bits per heavy atom. The van der Waals surface area contributed by atoms with Gasteiger partial charge in [-0.1, -0.05) is 41.6 Å². The average Bonchev–Trinajstić information content (AvgIpc) is 3.94. The summed E-state index contributed by atoms with van der Waals surface area (Å²) in [7, 11) is -3.09. The Morgan fingerprint density at radius 1 is 0.678 bits per heavy atom. The lowest BCUT2D eigenvalue weighted by Gasteiger charge is -2.26. The first-order valence-electron chi connectivity index (χ1n) is 17.4. The number of nitrogens with zero attached hydrogens (tertiary/aromatic N) is 4. The van der Waals surface area contributed by atoms with E-state index in [0.717, 1.165) is 8.61 Å². The Morgan fingerprint density at radius 3 is 1.80 bits per heavy atom. The van der Waals surface area contributed by atoms with Crippen LogP contribution in [0.25, 0.3) is 0 Å². The quantitative estimate of drug-likeness (QED) is 0.111. The van der Waals surface area contributed by atoms with Crippen molar-refractivity contribution in [2.75, 3.05) is 60.8 Å². The first kappa shape index (κ1) is 42.0. The van der Waals surface area contributed by atoms with Crippen molar-refractivity contribution in [2.45, 2.75) is 16.2 Å². The number of nitrogens with one attached hydrogen (secondary N) is 2. The van der Waals surface area contributed by atoms with Crippen molar-refractivity contribution in [3.8, 4) is 23.0 Å². The lowest BCUT2D eigenvalue weighted by molar-refractivity contribution is -0.115. The minimum absolute atomic E-state index is 0.0158. The zero-order valence-electron chi connectivity index (χ0n) is 32.0. The molecule has 0 saturated heterocycles. The van der Waals surface area contributed by atoms with E-state index in [1.807, 2.05) is 0 Å². The molecular formula is C39H38N6O11S3. The number of aromatic nitrogens is 2. The van der Waals surface area contributed by atoms with Crippen molar-refractivity contribution >= 4 is 65.6 Å². The molecule has 0 aliphatic carbocycles. The van der Waals surface area contributed by atoms with Gasteiger partial charge in [-0.2, -0.15) is 0 Å². The molecule has 0 bridgehead atoms. The fraction of sp³-hybridized carbons (Fsp3) is 0.179. The second kappa shape index (κ2) is 18.3. The SMILES string of the molecule is COc1ccc(OC)c(N(CC(=O)Nc2cc(Cc3cc(OC)c(N(CC(=O)Nc4nccs4)S(=O)(=O)c4ccccc4)cc3OC)no2)S(=O)(=O)c2ccccc2)c1. The van der Waals surface area contributed by atoms with Gasteiger partial charge in [0.05, 0.1) is 55.3 Å². The van der Waals surface area contributed by atoms with Crippen molar-refractivity contribution in [1.29, 1.82) is 0 Å². The van der Waals surface area contributed by atoms with Crippen LogP contribution in [0.15, 0.2) is 123 Å². The van der Waals surface area contributed by atoms with Crippen molar-refractivity contribution in [3.05, 3.63) is 120 Å². The minimum atomic E-state index is -4.33. The van der Waals surface area contributed by atoms with Gasteiger partial charge in [0, 0.05) is 41.8 Å². The maximum absolute atomic E-state index is 14.1. The smallest absolute Gasteiger partial charge is 0.264 e. The number of amides is 2. The van der Waals surface area contributed by atoms with Gasteiger partial charge >= 0.3 is 0 Å². The summed E-state index contributed by atoms with van der Waals surface area (Å²) in [6.07, 6.45) is 1.55. The summed E-state index contributed by atoms with van der Waals surface area (Å²) >= 11 is 1.18. The molecule has 0 radical (unpaired) electrons. The van der Waals surface area contributed by atoms with Crippen LogP contribution in [0.2, 0.25) is 0 Å². The van der Waals surface area contributed by atoms with E-state index in [0.29, 0.717) is 22.1 Å². The van der Waals surface area contributed by atoms with E-state index in [2.05, 4.69) is 20.8 Å². The molecule has 2 aromatic heterocycles. The second-order valence-corrected chi connectivity index (χ2v) is 16.9. The minimum Gasteiger partial charge on any atom is -0.497 e. The van der Waals surface area contributed by atoms with E-state index >= 15 is 0 Å². The molecular weight excluding hydrogens is 825 g/mol. The number of hydrogen-bond donors (Lipinski definition) is 2. The number of carbonyl (C=O) groups is 2. The van der Waals surface area contributed by atoms with Crippen LogP contribution < -0.4 is 38.2 Å². The average molecular weight is 863 g/mol. The van der Waals surface area contributed by atoms with E-state index < -0.39 is 45.0 Å².